The van der Waals surface area contributed by atoms with Gasteiger partial charge in [0.05, 0.1) is 24.9 Å². The second-order valence-corrected chi connectivity index (χ2v) is 10.1. The fourth-order valence-corrected chi connectivity index (χ4v) is 4.62. The number of esters is 2. The molecule has 0 unspecified atom stereocenters. The van der Waals surface area contributed by atoms with Gasteiger partial charge in [0.1, 0.15) is 24.5 Å². The van der Waals surface area contributed by atoms with Crippen LogP contribution in [-0.4, -0.2) is 112 Å². The van der Waals surface area contributed by atoms with Crippen LogP contribution in [0, 0.1) is 0 Å². The zero-order valence-electron chi connectivity index (χ0n) is 24.1. The minimum Gasteiger partial charge on any atom is -0.456 e. The normalized spacial score (nSPS) is 28.0. The maximum absolute atomic E-state index is 13.3. The number of H-pyrrole nitrogens is 1. The average molecular weight is 694 g/mol. The number of aromatic nitrogens is 2. The zero-order valence-corrected chi connectivity index (χ0v) is 24.1. The number of halogens is 6. The van der Waals surface area contributed by atoms with Crippen molar-refractivity contribution >= 4 is 23.8 Å². The van der Waals surface area contributed by atoms with Gasteiger partial charge in [-0.1, -0.05) is 0 Å². The van der Waals surface area contributed by atoms with E-state index in [1.807, 2.05) is 4.98 Å². The number of rotatable bonds is 10. The van der Waals surface area contributed by atoms with Crippen molar-refractivity contribution in [2.75, 3.05) is 13.2 Å². The van der Waals surface area contributed by atoms with E-state index in [2.05, 4.69) is 0 Å². The number of alkyl halides is 6. The molecule has 3 rings (SSSR count). The molecule has 47 heavy (non-hydrogen) atoms. The van der Waals surface area contributed by atoms with Gasteiger partial charge in [-0.15, -0.1) is 0 Å². The van der Waals surface area contributed by atoms with Crippen molar-refractivity contribution in [2.45, 2.75) is 88.3 Å². The summed E-state index contributed by atoms with van der Waals surface area (Å²) in [6, 6.07) is -2.23. The number of hydrogen-bond donors (Lipinski definition) is 5. The smallest absolute Gasteiger partial charge is 0.456 e. The van der Waals surface area contributed by atoms with Gasteiger partial charge in [-0.05, 0) is 0 Å². The van der Waals surface area contributed by atoms with Crippen LogP contribution in [0.5, 0.6) is 0 Å². The van der Waals surface area contributed by atoms with Gasteiger partial charge in [-0.2, -0.15) is 26.3 Å². The Hall–Kier alpha value is -4.06. The number of nitrogens with one attached hydrogen (secondary N) is 3. The molecule has 3 heterocycles. The van der Waals surface area contributed by atoms with Crippen LogP contribution in [0.3, 0.4) is 0 Å². The molecular formula is C24H28F6N4O13. The standard InChI is InChI=1S/C24H28F6N4O13/c1-8(36)44-16-12(4-31-20(40)23(25,26)27)47-19(15(17(16)45-9(2)37)32-21(41)24(28,29)30)43-7-10-5-34(22(42)33-18(10)39)14-3-11(38)13(6-35)46-14/h5,11-17,19,35,38H,3-4,6-7H2,1-2H3,(H,31,40)(H,32,41)(H,33,39,42)/t11-,12-,13-,14-,15-,16-,17-,19-/m1/s1. The number of nitrogens with zero attached hydrogens (tertiary/aromatic N) is 1. The van der Waals surface area contributed by atoms with E-state index in [0.717, 1.165) is 24.6 Å². The number of aromatic amines is 1. The first-order valence-electron chi connectivity index (χ1n) is 13.4. The summed E-state index contributed by atoms with van der Waals surface area (Å²) in [4.78, 5) is 74.1. The van der Waals surface area contributed by atoms with Gasteiger partial charge in [0.2, 0.25) is 0 Å². The minimum atomic E-state index is -5.56. The summed E-state index contributed by atoms with van der Waals surface area (Å²) in [6.07, 6.45) is -22.2. The van der Waals surface area contributed by atoms with E-state index >= 15 is 0 Å². The first kappa shape index (κ1) is 37.4. The molecular weight excluding hydrogens is 666 g/mol. The lowest BCUT2D eigenvalue weighted by Crippen LogP contribution is -2.68. The first-order valence-corrected chi connectivity index (χ1v) is 13.4. The lowest BCUT2D eigenvalue weighted by atomic mass is 9.95. The van der Waals surface area contributed by atoms with Crippen LogP contribution in [0.1, 0.15) is 32.1 Å². The fraction of sp³-hybridized carbons (Fsp3) is 0.667. The maximum Gasteiger partial charge on any atom is 0.471 e. The molecule has 0 saturated carbocycles. The Morgan fingerprint density at radius 2 is 1.57 bits per heavy atom. The molecule has 2 aliphatic heterocycles. The van der Waals surface area contributed by atoms with Crippen molar-refractivity contribution < 1.29 is 79.4 Å². The number of amides is 2. The van der Waals surface area contributed by atoms with Gasteiger partial charge < -0.3 is 44.5 Å². The lowest BCUT2D eigenvalue weighted by molar-refractivity contribution is -0.275. The molecule has 8 atom stereocenters. The third-order valence-corrected chi connectivity index (χ3v) is 6.67. The van der Waals surface area contributed by atoms with Gasteiger partial charge in [-0.3, -0.25) is 33.5 Å². The number of ether oxygens (including phenoxy) is 5. The van der Waals surface area contributed by atoms with Crippen molar-refractivity contribution in [3.05, 3.63) is 32.6 Å². The van der Waals surface area contributed by atoms with E-state index in [4.69, 9.17) is 23.7 Å². The molecule has 5 N–H and O–H groups in total. The summed E-state index contributed by atoms with van der Waals surface area (Å²) in [5.74, 6) is -7.59. The third-order valence-electron chi connectivity index (χ3n) is 6.67. The van der Waals surface area contributed by atoms with Gasteiger partial charge >= 0.3 is 41.8 Å². The minimum absolute atomic E-state index is 0.221. The molecule has 0 aliphatic carbocycles. The molecule has 0 bridgehead atoms. The zero-order chi connectivity index (χ0) is 35.4. The SMILES string of the molecule is CC(=O)O[C@@H]1[C@@H](NC(=O)C(F)(F)F)[C@H](OCc2cn([C@H]3C[C@@H](O)[C@@H](CO)O3)c(=O)[nH]c2=O)O[C@H](CNC(=O)C(F)(F)F)[C@H]1OC(C)=O. The van der Waals surface area contributed by atoms with Gasteiger partial charge in [0, 0.05) is 33.0 Å². The Balaban J connectivity index is 2.01. The Bertz CT molecular complexity index is 1450. The number of aliphatic hydroxyl groups excluding tert-OH is 2. The van der Waals surface area contributed by atoms with Crippen molar-refractivity contribution in [3.8, 4) is 0 Å². The van der Waals surface area contributed by atoms with Crippen LogP contribution in [-0.2, 0) is 49.5 Å². The number of carbonyl (C=O) groups is 4. The van der Waals surface area contributed by atoms with Crippen LogP contribution in [0.15, 0.2) is 15.8 Å². The van der Waals surface area contributed by atoms with Crippen molar-refractivity contribution in [1.82, 2.24) is 20.2 Å². The summed E-state index contributed by atoms with van der Waals surface area (Å²) in [5.41, 5.74) is -2.61. The quantitative estimate of drug-likeness (QED) is 0.132. The summed E-state index contributed by atoms with van der Waals surface area (Å²) >= 11 is 0. The molecule has 17 nitrogen and oxygen atoms in total. The summed E-state index contributed by atoms with van der Waals surface area (Å²) in [5, 5.41) is 22.2. The van der Waals surface area contributed by atoms with E-state index < -0.39 is 122 Å². The predicted molar refractivity (Wildman–Crippen MR) is 135 cm³/mol. The molecule has 1 aromatic heterocycles. The summed E-state index contributed by atoms with van der Waals surface area (Å²) < 4.78 is 105. The molecule has 2 fully saturated rings. The largest absolute Gasteiger partial charge is 0.471 e. The highest BCUT2D eigenvalue weighted by atomic mass is 19.4. The average Bonchev–Trinajstić information content (AvgIpc) is 3.32. The van der Waals surface area contributed by atoms with Crippen molar-refractivity contribution in [2.24, 2.45) is 0 Å². The van der Waals surface area contributed by atoms with Crippen LogP contribution in [0.2, 0.25) is 0 Å². The lowest BCUT2D eigenvalue weighted by Gasteiger charge is -2.45. The Morgan fingerprint density at radius 3 is 2.11 bits per heavy atom. The first-order chi connectivity index (χ1) is 21.7. The predicted octanol–water partition coefficient (Wildman–Crippen LogP) is -1.99. The Kier molecular flexibility index (Phi) is 11.8. The van der Waals surface area contributed by atoms with Gasteiger partial charge in [0.25, 0.3) is 5.56 Å². The molecule has 2 amide bonds. The summed E-state index contributed by atoms with van der Waals surface area (Å²) in [7, 11) is 0. The highest BCUT2D eigenvalue weighted by Gasteiger charge is 2.54. The molecule has 0 spiro atoms. The number of carbonyl (C=O) groups excluding carboxylic acids is 4. The van der Waals surface area contributed by atoms with E-state index in [-0.39, 0.29) is 6.42 Å². The van der Waals surface area contributed by atoms with Gasteiger partial charge in [0.15, 0.2) is 18.5 Å². The highest BCUT2D eigenvalue weighted by Crippen LogP contribution is 2.30. The maximum atomic E-state index is 13.3. The molecule has 0 aromatic carbocycles. The topological polar surface area (TPSA) is 234 Å². The van der Waals surface area contributed by atoms with Crippen LogP contribution < -0.4 is 21.9 Å². The molecule has 264 valence electrons. The van der Waals surface area contributed by atoms with Crippen molar-refractivity contribution in [3.63, 3.8) is 0 Å². The number of hydrogen-bond acceptors (Lipinski definition) is 13. The number of aliphatic hydroxyl groups is 2. The molecule has 2 saturated heterocycles. The van der Waals surface area contributed by atoms with E-state index in [1.165, 1.54) is 10.6 Å². The van der Waals surface area contributed by atoms with Crippen LogP contribution >= 0.6 is 0 Å². The molecule has 1 aromatic rings. The third kappa shape index (κ3) is 9.50. The Labute approximate surface area is 258 Å². The van der Waals surface area contributed by atoms with Crippen LogP contribution in [0.4, 0.5) is 26.3 Å². The highest BCUT2D eigenvalue weighted by molar-refractivity contribution is 5.82. The second kappa shape index (κ2) is 14.8. The summed E-state index contributed by atoms with van der Waals surface area (Å²) in [6.45, 7) is -1.22. The van der Waals surface area contributed by atoms with Gasteiger partial charge in [-0.25, -0.2) is 4.79 Å². The van der Waals surface area contributed by atoms with Crippen molar-refractivity contribution in [1.29, 1.82) is 0 Å². The van der Waals surface area contributed by atoms with E-state index in [1.54, 1.807) is 0 Å². The Morgan fingerprint density at radius 1 is 0.979 bits per heavy atom. The second-order valence-electron chi connectivity index (χ2n) is 10.1. The monoisotopic (exact) mass is 694 g/mol. The van der Waals surface area contributed by atoms with E-state index in [0.29, 0.717) is 0 Å². The van der Waals surface area contributed by atoms with E-state index in [9.17, 15) is 65.3 Å². The fourth-order valence-electron chi connectivity index (χ4n) is 4.62. The molecule has 0 radical (unpaired) electrons. The molecule has 2 aliphatic rings. The van der Waals surface area contributed by atoms with Crippen LogP contribution in [0.25, 0.3) is 0 Å². The molecule has 23 heteroatoms.